The van der Waals surface area contributed by atoms with E-state index in [4.69, 9.17) is 0 Å². The first-order chi connectivity index (χ1) is 9.15. The summed E-state index contributed by atoms with van der Waals surface area (Å²) >= 11 is 0. The Balaban J connectivity index is 2.64. The fourth-order valence-corrected chi connectivity index (χ4v) is 1.75. The smallest absolute Gasteiger partial charge is 0.281 e. The first-order valence-corrected chi connectivity index (χ1v) is 5.40. The average Bonchev–Trinajstić information content (AvgIpc) is 2.46. The van der Waals surface area contributed by atoms with Crippen molar-refractivity contribution in [1.29, 1.82) is 0 Å². The Kier molecular flexibility index (Phi) is 3.47. The molecule has 5 heteroatoms. The molecule has 0 N–H and O–H groups in total. The van der Waals surface area contributed by atoms with E-state index in [2.05, 4.69) is 0 Å². The molecule has 2 aromatic carbocycles. The van der Waals surface area contributed by atoms with Gasteiger partial charge in [-0.3, -0.25) is 19.7 Å². The van der Waals surface area contributed by atoms with Gasteiger partial charge in [0.05, 0.1) is 4.92 Å². The van der Waals surface area contributed by atoms with Gasteiger partial charge in [-0.1, -0.05) is 36.4 Å². The van der Waals surface area contributed by atoms with Crippen molar-refractivity contribution in [2.45, 2.75) is 0 Å². The Morgan fingerprint density at radius 2 is 1.74 bits per heavy atom. The van der Waals surface area contributed by atoms with Crippen LogP contribution in [-0.4, -0.2) is 17.0 Å². The number of rotatable bonds is 4. The van der Waals surface area contributed by atoms with E-state index in [9.17, 15) is 19.7 Å². The summed E-state index contributed by atoms with van der Waals surface area (Å²) in [5.74, 6) is -0.564. The van der Waals surface area contributed by atoms with Crippen LogP contribution in [0.5, 0.6) is 0 Å². The number of ketones is 1. The zero-order valence-corrected chi connectivity index (χ0v) is 9.70. The third kappa shape index (κ3) is 2.40. The summed E-state index contributed by atoms with van der Waals surface area (Å²) in [5.41, 5.74) is -0.445. The van der Waals surface area contributed by atoms with Gasteiger partial charge < -0.3 is 0 Å². The van der Waals surface area contributed by atoms with Crippen molar-refractivity contribution in [3.8, 4) is 0 Å². The minimum absolute atomic E-state index is 0.108. The minimum atomic E-state index is -0.684. The highest BCUT2D eigenvalue weighted by Crippen LogP contribution is 2.24. The van der Waals surface area contributed by atoms with Crippen LogP contribution in [0, 0.1) is 10.1 Å². The molecule has 2 rings (SSSR count). The standard InChI is InChI=1S/C14H8NO4/c16-9-11-7-4-8-12(15(18)19)13(11)14(17)10-5-2-1-3-6-10/h1-8H. The zero-order chi connectivity index (χ0) is 13.8. The molecule has 19 heavy (non-hydrogen) atoms. The molecule has 0 spiro atoms. The second-order valence-corrected chi connectivity index (χ2v) is 3.75. The quantitative estimate of drug-likeness (QED) is 0.476. The number of nitro groups is 1. The van der Waals surface area contributed by atoms with Gasteiger partial charge in [0.1, 0.15) is 5.56 Å². The predicted octanol–water partition coefficient (Wildman–Crippen LogP) is 2.28. The highest BCUT2D eigenvalue weighted by molar-refractivity contribution is 6.15. The van der Waals surface area contributed by atoms with Crippen molar-refractivity contribution in [3.63, 3.8) is 0 Å². The molecule has 1 radical (unpaired) electrons. The van der Waals surface area contributed by atoms with Gasteiger partial charge in [-0.05, 0) is 6.07 Å². The van der Waals surface area contributed by atoms with Crippen LogP contribution in [0.3, 0.4) is 0 Å². The molecule has 0 aliphatic rings. The predicted molar refractivity (Wildman–Crippen MR) is 67.8 cm³/mol. The Morgan fingerprint density at radius 3 is 2.32 bits per heavy atom. The lowest BCUT2D eigenvalue weighted by atomic mass is 9.97. The number of carbonyl (C=O) groups is 1. The Morgan fingerprint density at radius 1 is 1.05 bits per heavy atom. The molecule has 0 saturated heterocycles. The van der Waals surface area contributed by atoms with Crippen molar-refractivity contribution in [2.75, 3.05) is 0 Å². The van der Waals surface area contributed by atoms with E-state index >= 15 is 0 Å². The number of benzene rings is 2. The Hall–Kier alpha value is -2.82. The minimum Gasteiger partial charge on any atom is -0.288 e. The van der Waals surface area contributed by atoms with Gasteiger partial charge in [-0.25, -0.2) is 0 Å². The number of hydrogen-bond acceptors (Lipinski definition) is 4. The summed E-state index contributed by atoms with van der Waals surface area (Å²) in [6, 6.07) is 12.0. The lowest BCUT2D eigenvalue weighted by Crippen LogP contribution is -2.09. The van der Waals surface area contributed by atoms with Crippen LogP contribution in [0.25, 0.3) is 0 Å². The van der Waals surface area contributed by atoms with Gasteiger partial charge in [0.15, 0.2) is 0 Å². The maximum absolute atomic E-state index is 12.3. The first kappa shape index (κ1) is 12.6. The monoisotopic (exact) mass is 254 g/mol. The third-order valence-electron chi connectivity index (χ3n) is 2.61. The summed E-state index contributed by atoms with van der Waals surface area (Å²) in [6.45, 7) is 0. The number of nitrogens with zero attached hydrogens (tertiary/aromatic N) is 1. The van der Waals surface area contributed by atoms with E-state index in [0.29, 0.717) is 0 Å². The third-order valence-corrected chi connectivity index (χ3v) is 2.61. The number of nitro benzene ring substituents is 1. The van der Waals surface area contributed by atoms with Crippen molar-refractivity contribution in [1.82, 2.24) is 0 Å². The average molecular weight is 254 g/mol. The van der Waals surface area contributed by atoms with Gasteiger partial charge in [0, 0.05) is 17.2 Å². The van der Waals surface area contributed by atoms with E-state index in [1.165, 1.54) is 30.3 Å². The molecule has 0 heterocycles. The molecular weight excluding hydrogens is 246 g/mol. The van der Waals surface area contributed by atoms with Crippen molar-refractivity contribution >= 4 is 17.8 Å². The van der Waals surface area contributed by atoms with Gasteiger partial charge in [0.25, 0.3) is 5.69 Å². The number of hydrogen-bond donors (Lipinski definition) is 0. The Bertz CT molecular complexity index is 650. The van der Waals surface area contributed by atoms with Crippen LogP contribution < -0.4 is 0 Å². The van der Waals surface area contributed by atoms with E-state index < -0.39 is 16.4 Å². The normalized spacial score (nSPS) is 9.89. The summed E-state index contributed by atoms with van der Waals surface area (Å²) in [4.78, 5) is 33.4. The van der Waals surface area contributed by atoms with E-state index in [-0.39, 0.29) is 16.7 Å². The van der Waals surface area contributed by atoms with Crippen LogP contribution in [0.15, 0.2) is 48.5 Å². The van der Waals surface area contributed by atoms with Gasteiger partial charge >= 0.3 is 0 Å². The lowest BCUT2D eigenvalue weighted by Gasteiger charge is -2.04. The van der Waals surface area contributed by atoms with E-state index in [1.807, 2.05) is 0 Å². The molecule has 0 atom stereocenters. The molecule has 0 saturated carbocycles. The number of carbonyl (C=O) groups excluding carboxylic acids is 2. The highest BCUT2D eigenvalue weighted by Gasteiger charge is 2.24. The molecule has 0 aliphatic heterocycles. The van der Waals surface area contributed by atoms with Crippen molar-refractivity contribution in [2.24, 2.45) is 0 Å². The van der Waals surface area contributed by atoms with Crippen LogP contribution in [0.4, 0.5) is 5.69 Å². The summed E-state index contributed by atoms with van der Waals surface area (Å²) in [7, 11) is 0. The van der Waals surface area contributed by atoms with Gasteiger partial charge in [-0.15, -0.1) is 0 Å². The van der Waals surface area contributed by atoms with E-state index in [0.717, 1.165) is 0 Å². The fraction of sp³-hybridized carbons (Fsp3) is 0. The molecular formula is C14H8NO4. The second-order valence-electron chi connectivity index (χ2n) is 3.75. The molecule has 0 bridgehead atoms. The first-order valence-electron chi connectivity index (χ1n) is 5.40. The van der Waals surface area contributed by atoms with Crippen molar-refractivity contribution < 1.29 is 14.5 Å². The molecule has 0 amide bonds. The molecule has 0 aliphatic carbocycles. The molecule has 0 fully saturated rings. The summed E-state index contributed by atoms with van der Waals surface area (Å²) < 4.78 is 0. The van der Waals surface area contributed by atoms with E-state index in [1.54, 1.807) is 24.5 Å². The second kappa shape index (κ2) is 5.22. The van der Waals surface area contributed by atoms with Crippen LogP contribution in [0.2, 0.25) is 0 Å². The molecule has 5 nitrogen and oxygen atoms in total. The van der Waals surface area contributed by atoms with Crippen molar-refractivity contribution in [3.05, 3.63) is 75.3 Å². The molecule has 2 aromatic rings. The van der Waals surface area contributed by atoms with Crippen LogP contribution in [0.1, 0.15) is 21.5 Å². The topological polar surface area (TPSA) is 77.3 Å². The van der Waals surface area contributed by atoms with Gasteiger partial charge in [-0.2, -0.15) is 0 Å². The molecule has 0 unspecified atom stereocenters. The van der Waals surface area contributed by atoms with Crippen LogP contribution >= 0.6 is 0 Å². The lowest BCUT2D eigenvalue weighted by molar-refractivity contribution is -0.385. The van der Waals surface area contributed by atoms with Gasteiger partial charge in [0.2, 0.25) is 12.1 Å². The largest absolute Gasteiger partial charge is 0.288 e. The summed E-state index contributed by atoms with van der Waals surface area (Å²) in [6.07, 6.45) is 1.57. The highest BCUT2D eigenvalue weighted by atomic mass is 16.6. The maximum atomic E-state index is 12.3. The fourth-order valence-electron chi connectivity index (χ4n) is 1.75. The Labute approximate surface area is 108 Å². The zero-order valence-electron chi connectivity index (χ0n) is 9.70. The maximum Gasteiger partial charge on any atom is 0.281 e. The SMILES string of the molecule is O=[C]c1cccc([N+](=O)[O-])c1C(=O)c1ccccc1. The molecule has 93 valence electrons. The molecule has 0 aromatic heterocycles. The van der Waals surface area contributed by atoms with Crippen LogP contribution in [-0.2, 0) is 4.79 Å². The summed E-state index contributed by atoms with van der Waals surface area (Å²) in [5, 5.41) is 10.9.